The number of aryl methyl sites for hydroxylation is 1. The number of hydrogen-bond acceptors (Lipinski definition) is 5. The summed E-state index contributed by atoms with van der Waals surface area (Å²) in [5.74, 6) is 5.29. The van der Waals surface area contributed by atoms with Gasteiger partial charge >= 0.3 is 5.97 Å². The molecule has 2 aromatic heterocycles. The van der Waals surface area contributed by atoms with Gasteiger partial charge in [-0.15, -0.1) is 11.3 Å². The number of nitrogens with zero attached hydrogens (tertiary/aromatic N) is 2. The highest BCUT2D eigenvalue weighted by Gasteiger charge is 2.21. The Hall–Kier alpha value is -2.15. The molecule has 0 aromatic carbocycles. The van der Waals surface area contributed by atoms with Gasteiger partial charge in [-0.1, -0.05) is 11.6 Å². The normalized spacial score (nSPS) is 14.6. The van der Waals surface area contributed by atoms with Gasteiger partial charge in [0.25, 0.3) is 5.56 Å². The Kier molecular flexibility index (Phi) is 3.29. The van der Waals surface area contributed by atoms with Crippen LogP contribution in [0.5, 0.6) is 0 Å². The lowest BCUT2D eigenvalue weighted by atomic mass is 10.1. The lowest BCUT2D eigenvalue weighted by Gasteiger charge is -2.07. The molecule has 0 spiro atoms. The van der Waals surface area contributed by atoms with Crippen LogP contribution in [0.3, 0.4) is 0 Å². The van der Waals surface area contributed by atoms with Crippen LogP contribution in [-0.2, 0) is 6.42 Å². The first-order valence-corrected chi connectivity index (χ1v) is 7.52. The van der Waals surface area contributed by atoms with Crippen molar-refractivity contribution in [2.75, 3.05) is 5.84 Å². The third kappa shape index (κ3) is 2.23. The molecule has 0 amide bonds. The van der Waals surface area contributed by atoms with E-state index in [2.05, 4.69) is 11.1 Å². The second-order valence-electron chi connectivity index (χ2n) is 5.18. The molecule has 0 atom stereocenters. The fourth-order valence-corrected chi connectivity index (χ4v) is 3.70. The van der Waals surface area contributed by atoms with Crippen molar-refractivity contribution in [2.45, 2.75) is 32.6 Å². The average Bonchev–Trinajstić information content (AvgIpc) is 3.04. The molecule has 2 heterocycles. The number of aromatic nitrogens is 2. The Morgan fingerprint density at radius 2 is 2.33 bits per heavy atom. The Bertz CT molecular complexity index is 832. The molecule has 21 heavy (non-hydrogen) atoms. The monoisotopic (exact) mass is 305 g/mol. The van der Waals surface area contributed by atoms with Crippen molar-refractivity contribution in [1.29, 1.82) is 0 Å². The summed E-state index contributed by atoms with van der Waals surface area (Å²) in [6.45, 7) is 1.62. The van der Waals surface area contributed by atoms with Crippen molar-refractivity contribution in [1.82, 2.24) is 9.66 Å². The maximum atomic E-state index is 12.4. The summed E-state index contributed by atoms with van der Waals surface area (Å²) in [4.78, 5) is 28.6. The van der Waals surface area contributed by atoms with Crippen LogP contribution in [0, 0.1) is 6.92 Å². The standard InChI is InChI=1S/C14H15N3O3S/c1-7-10-12(21-11(7)14(19)20)16-9(17(15)13(10)18)6-8-4-2-3-5-8/h4H,2-3,5-6,15H2,1H3,(H,19,20). The van der Waals surface area contributed by atoms with E-state index in [1.54, 1.807) is 6.92 Å². The highest BCUT2D eigenvalue weighted by molar-refractivity contribution is 7.20. The van der Waals surface area contributed by atoms with E-state index in [9.17, 15) is 9.59 Å². The molecular weight excluding hydrogens is 290 g/mol. The van der Waals surface area contributed by atoms with Crippen molar-refractivity contribution in [3.63, 3.8) is 0 Å². The molecule has 0 bridgehead atoms. The van der Waals surface area contributed by atoms with Crippen LogP contribution in [0.4, 0.5) is 0 Å². The number of hydrogen-bond donors (Lipinski definition) is 2. The Balaban J connectivity index is 2.17. The highest BCUT2D eigenvalue weighted by Crippen LogP contribution is 2.28. The summed E-state index contributed by atoms with van der Waals surface area (Å²) in [5, 5.41) is 9.47. The van der Waals surface area contributed by atoms with E-state index in [4.69, 9.17) is 10.9 Å². The van der Waals surface area contributed by atoms with Crippen LogP contribution in [-0.4, -0.2) is 20.7 Å². The number of carboxylic acids is 1. The van der Waals surface area contributed by atoms with Gasteiger partial charge in [0.1, 0.15) is 15.5 Å². The topological polar surface area (TPSA) is 98.2 Å². The minimum absolute atomic E-state index is 0.145. The predicted octanol–water partition coefficient (Wildman–Crippen LogP) is 1.83. The van der Waals surface area contributed by atoms with Crippen LogP contribution in [0.15, 0.2) is 16.4 Å². The molecule has 1 aliphatic carbocycles. The van der Waals surface area contributed by atoms with E-state index >= 15 is 0 Å². The molecule has 0 saturated heterocycles. The van der Waals surface area contributed by atoms with Crippen molar-refractivity contribution in [2.24, 2.45) is 0 Å². The van der Waals surface area contributed by atoms with Gasteiger partial charge in [0.15, 0.2) is 0 Å². The fourth-order valence-electron chi connectivity index (χ4n) is 2.67. The van der Waals surface area contributed by atoms with Crippen LogP contribution in [0.2, 0.25) is 0 Å². The number of nitrogens with two attached hydrogens (primary N) is 1. The van der Waals surface area contributed by atoms with E-state index in [0.717, 1.165) is 35.3 Å². The lowest BCUT2D eigenvalue weighted by Crippen LogP contribution is -2.31. The van der Waals surface area contributed by atoms with Gasteiger partial charge in [-0.2, -0.15) is 0 Å². The van der Waals surface area contributed by atoms with Gasteiger partial charge in [0, 0.05) is 6.42 Å². The summed E-state index contributed by atoms with van der Waals surface area (Å²) < 4.78 is 1.05. The van der Waals surface area contributed by atoms with Gasteiger partial charge in [-0.25, -0.2) is 14.5 Å². The van der Waals surface area contributed by atoms with Crippen LogP contribution < -0.4 is 11.4 Å². The van der Waals surface area contributed by atoms with Gasteiger partial charge < -0.3 is 10.9 Å². The first-order chi connectivity index (χ1) is 9.99. The number of thiophene rings is 1. The van der Waals surface area contributed by atoms with Gasteiger partial charge in [-0.05, 0) is 31.7 Å². The summed E-state index contributed by atoms with van der Waals surface area (Å²) in [6, 6.07) is 0. The van der Waals surface area contributed by atoms with Crippen molar-refractivity contribution in [3.8, 4) is 0 Å². The molecule has 0 unspecified atom stereocenters. The second kappa shape index (κ2) is 5.00. The summed E-state index contributed by atoms with van der Waals surface area (Å²) in [5.41, 5.74) is 1.29. The van der Waals surface area contributed by atoms with E-state index in [-0.39, 0.29) is 10.4 Å². The molecular formula is C14H15N3O3S. The zero-order chi connectivity index (χ0) is 15.1. The van der Waals surface area contributed by atoms with Crippen molar-refractivity contribution in [3.05, 3.63) is 38.3 Å². The van der Waals surface area contributed by atoms with Crippen LogP contribution in [0.25, 0.3) is 10.2 Å². The number of nitrogen functional groups attached to an aromatic ring is 1. The zero-order valence-electron chi connectivity index (χ0n) is 11.5. The largest absolute Gasteiger partial charge is 0.477 e. The number of fused-ring (bicyclic) bond motifs is 1. The fraction of sp³-hybridized carbons (Fsp3) is 0.357. The average molecular weight is 305 g/mol. The SMILES string of the molecule is Cc1c(C(=O)O)sc2nc(CC3=CCCC3)n(N)c(=O)c12. The highest BCUT2D eigenvalue weighted by atomic mass is 32.1. The number of aromatic carboxylic acids is 1. The maximum absolute atomic E-state index is 12.4. The van der Waals surface area contributed by atoms with Gasteiger partial charge in [0.05, 0.1) is 5.39 Å². The molecule has 6 nitrogen and oxygen atoms in total. The molecule has 3 rings (SSSR count). The molecule has 3 N–H and O–H groups in total. The first kappa shape index (κ1) is 13.8. The summed E-state index contributed by atoms with van der Waals surface area (Å²) in [6.07, 6.45) is 5.86. The maximum Gasteiger partial charge on any atom is 0.346 e. The Labute approximate surface area is 124 Å². The van der Waals surface area contributed by atoms with Crippen molar-refractivity contribution >= 4 is 27.5 Å². The van der Waals surface area contributed by atoms with E-state index in [1.165, 1.54) is 5.57 Å². The smallest absolute Gasteiger partial charge is 0.346 e. The van der Waals surface area contributed by atoms with Gasteiger partial charge in [-0.3, -0.25) is 4.79 Å². The molecule has 0 fully saturated rings. The number of allylic oxidation sites excluding steroid dienone is 2. The molecule has 2 aromatic rings. The molecule has 0 saturated carbocycles. The first-order valence-electron chi connectivity index (χ1n) is 6.70. The van der Waals surface area contributed by atoms with Crippen molar-refractivity contribution < 1.29 is 9.90 Å². The van der Waals surface area contributed by atoms with Crippen LogP contribution in [0.1, 0.15) is 40.3 Å². The minimum Gasteiger partial charge on any atom is -0.477 e. The summed E-state index contributed by atoms with van der Waals surface area (Å²) >= 11 is 1.03. The number of rotatable bonds is 3. The van der Waals surface area contributed by atoms with Crippen LogP contribution >= 0.6 is 11.3 Å². The minimum atomic E-state index is -1.04. The third-order valence-electron chi connectivity index (χ3n) is 3.78. The quantitative estimate of drug-likeness (QED) is 0.666. The Morgan fingerprint density at radius 3 is 2.95 bits per heavy atom. The number of carbonyl (C=O) groups is 1. The van der Waals surface area contributed by atoms with E-state index in [0.29, 0.717) is 28.0 Å². The molecule has 1 aliphatic rings. The number of carboxylic acid groups (broad SMARTS) is 1. The predicted molar refractivity (Wildman–Crippen MR) is 81.4 cm³/mol. The lowest BCUT2D eigenvalue weighted by molar-refractivity contribution is 0.0701. The second-order valence-corrected chi connectivity index (χ2v) is 6.18. The molecule has 7 heteroatoms. The van der Waals surface area contributed by atoms with E-state index in [1.807, 2.05) is 0 Å². The summed E-state index contributed by atoms with van der Waals surface area (Å²) in [7, 11) is 0. The Morgan fingerprint density at radius 1 is 1.57 bits per heavy atom. The van der Waals surface area contributed by atoms with Gasteiger partial charge in [0.2, 0.25) is 0 Å². The molecule has 0 radical (unpaired) electrons. The molecule has 110 valence electrons. The zero-order valence-corrected chi connectivity index (χ0v) is 12.4. The van der Waals surface area contributed by atoms with E-state index < -0.39 is 5.97 Å². The molecule has 0 aliphatic heterocycles. The third-order valence-corrected chi connectivity index (χ3v) is 4.96.